The minimum absolute atomic E-state index is 0.0167. The van der Waals surface area contributed by atoms with Crippen LogP contribution < -0.4 is 10.1 Å². The summed E-state index contributed by atoms with van der Waals surface area (Å²) in [6.07, 6.45) is 3.44. The molecule has 1 N–H and O–H groups in total. The van der Waals surface area contributed by atoms with E-state index in [2.05, 4.69) is 54.5 Å². The van der Waals surface area contributed by atoms with Crippen LogP contribution in [-0.4, -0.2) is 17.5 Å². The molecule has 0 radical (unpaired) electrons. The Balaban J connectivity index is 1.37. The van der Waals surface area contributed by atoms with Gasteiger partial charge in [-0.1, -0.05) is 23.8 Å². The molecule has 1 aliphatic carbocycles. The van der Waals surface area contributed by atoms with Gasteiger partial charge in [0, 0.05) is 10.9 Å². The highest BCUT2D eigenvalue weighted by Gasteiger charge is 2.13. The molecule has 0 saturated heterocycles. The quantitative estimate of drug-likeness (QED) is 0.685. The van der Waals surface area contributed by atoms with Gasteiger partial charge in [-0.25, -0.2) is 4.98 Å². The van der Waals surface area contributed by atoms with Crippen molar-refractivity contribution >= 4 is 22.4 Å². The van der Waals surface area contributed by atoms with Crippen molar-refractivity contribution in [3.05, 3.63) is 64.0 Å². The zero-order chi connectivity index (χ0) is 18.8. The first kappa shape index (κ1) is 17.7. The van der Waals surface area contributed by atoms with Crippen molar-refractivity contribution in [2.24, 2.45) is 0 Å². The Morgan fingerprint density at radius 2 is 2.00 bits per heavy atom. The molecule has 0 fully saturated rings. The van der Waals surface area contributed by atoms with E-state index in [1.54, 1.807) is 0 Å². The molecule has 1 amide bonds. The van der Waals surface area contributed by atoms with Crippen molar-refractivity contribution in [1.29, 1.82) is 0 Å². The smallest absolute Gasteiger partial charge is 0.264 e. The number of fused-ring (bicyclic) bond motifs is 1. The van der Waals surface area contributed by atoms with E-state index in [4.69, 9.17) is 4.74 Å². The lowest BCUT2D eigenvalue weighted by Crippen LogP contribution is -2.20. The van der Waals surface area contributed by atoms with Crippen LogP contribution in [0.1, 0.15) is 28.7 Å². The van der Waals surface area contributed by atoms with Gasteiger partial charge < -0.3 is 4.74 Å². The molecule has 1 heterocycles. The van der Waals surface area contributed by atoms with Crippen LogP contribution in [0.4, 0.5) is 5.13 Å². The molecular formula is C22H22N2O2S. The third-order valence-corrected chi connectivity index (χ3v) is 5.62. The lowest BCUT2D eigenvalue weighted by Gasteiger charge is -2.08. The van der Waals surface area contributed by atoms with Gasteiger partial charge in [-0.05, 0) is 68.0 Å². The number of benzene rings is 2. The van der Waals surface area contributed by atoms with Crippen molar-refractivity contribution in [2.75, 3.05) is 11.9 Å². The lowest BCUT2D eigenvalue weighted by molar-refractivity contribution is -0.118. The number of thiazole rings is 1. The number of carbonyl (C=O) groups is 1. The van der Waals surface area contributed by atoms with E-state index >= 15 is 0 Å². The Hall–Kier alpha value is -2.66. The predicted molar refractivity (Wildman–Crippen MR) is 110 cm³/mol. The second kappa shape index (κ2) is 7.53. The summed E-state index contributed by atoms with van der Waals surface area (Å²) in [5.74, 6) is 0.554. The molecule has 1 aliphatic rings. The number of amides is 1. The first-order valence-corrected chi connectivity index (χ1v) is 10.0. The van der Waals surface area contributed by atoms with Crippen LogP contribution >= 0.6 is 11.3 Å². The topological polar surface area (TPSA) is 51.2 Å². The fourth-order valence-corrected chi connectivity index (χ4v) is 4.14. The average Bonchev–Trinajstić information content (AvgIpc) is 3.31. The third kappa shape index (κ3) is 4.03. The molecular weight excluding hydrogens is 356 g/mol. The molecule has 0 aliphatic heterocycles. The van der Waals surface area contributed by atoms with Crippen molar-refractivity contribution in [3.8, 4) is 17.0 Å². The van der Waals surface area contributed by atoms with Crippen molar-refractivity contribution < 1.29 is 9.53 Å². The molecule has 3 aromatic rings. The van der Waals surface area contributed by atoms with Crippen molar-refractivity contribution in [2.45, 2.75) is 33.1 Å². The van der Waals surface area contributed by atoms with E-state index in [0.717, 1.165) is 29.8 Å². The van der Waals surface area contributed by atoms with Crippen LogP contribution in [0.3, 0.4) is 0 Å². The normalized spacial score (nSPS) is 12.7. The summed E-state index contributed by atoms with van der Waals surface area (Å²) >= 11 is 1.43. The monoisotopic (exact) mass is 378 g/mol. The van der Waals surface area contributed by atoms with Gasteiger partial charge in [0.1, 0.15) is 5.75 Å². The summed E-state index contributed by atoms with van der Waals surface area (Å²) in [7, 11) is 0. The zero-order valence-electron chi connectivity index (χ0n) is 15.5. The SMILES string of the molecule is Cc1ccc(C)c(-c2csc(NC(=O)COc3ccc4c(c3)CCC4)n2)c1. The molecule has 138 valence electrons. The Kier molecular flexibility index (Phi) is 4.94. The molecule has 0 bridgehead atoms. The zero-order valence-corrected chi connectivity index (χ0v) is 16.4. The molecule has 0 saturated carbocycles. The molecule has 4 nitrogen and oxygen atoms in total. The molecule has 4 rings (SSSR count). The molecule has 5 heteroatoms. The van der Waals surface area contributed by atoms with E-state index in [0.29, 0.717) is 5.13 Å². The van der Waals surface area contributed by atoms with Crippen LogP contribution in [0, 0.1) is 13.8 Å². The Morgan fingerprint density at radius 3 is 2.89 bits per heavy atom. The summed E-state index contributed by atoms with van der Waals surface area (Å²) in [6.45, 7) is 4.11. The summed E-state index contributed by atoms with van der Waals surface area (Å²) in [4.78, 5) is 16.8. The van der Waals surface area contributed by atoms with Crippen LogP contribution in [0.2, 0.25) is 0 Å². The molecule has 27 heavy (non-hydrogen) atoms. The highest BCUT2D eigenvalue weighted by molar-refractivity contribution is 7.14. The van der Waals surface area contributed by atoms with Crippen LogP contribution in [-0.2, 0) is 17.6 Å². The standard InChI is InChI=1S/C22H22N2O2S/c1-14-6-7-15(2)19(10-14)20-13-27-22(23-20)24-21(25)12-26-18-9-8-16-4-3-5-17(16)11-18/h6-11,13H,3-5,12H2,1-2H3,(H,23,24,25). The minimum atomic E-state index is -0.197. The van der Waals surface area contributed by atoms with E-state index in [1.807, 2.05) is 11.4 Å². The highest BCUT2D eigenvalue weighted by atomic mass is 32.1. The van der Waals surface area contributed by atoms with Crippen LogP contribution in [0.25, 0.3) is 11.3 Å². The summed E-state index contributed by atoms with van der Waals surface area (Å²) < 4.78 is 5.66. The van der Waals surface area contributed by atoms with Crippen molar-refractivity contribution in [1.82, 2.24) is 4.98 Å². The average molecular weight is 378 g/mol. The number of aryl methyl sites for hydroxylation is 4. The largest absolute Gasteiger partial charge is 0.484 e. The Morgan fingerprint density at radius 1 is 1.15 bits per heavy atom. The maximum Gasteiger partial charge on any atom is 0.264 e. The molecule has 2 aromatic carbocycles. The van der Waals surface area contributed by atoms with Gasteiger partial charge >= 0.3 is 0 Å². The van der Waals surface area contributed by atoms with Gasteiger partial charge in [0.05, 0.1) is 5.69 Å². The lowest BCUT2D eigenvalue weighted by atomic mass is 10.0. The number of carbonyl (C=O) groups excluding carboxylic acids is 1. The summed E-state index contributed by atoms with van der Waals surface area (Å²) in [6, 6.07) is 12.4. The maximum atomic E-state index is 12.2. The molecule has 0 unspecified atom stereocenters. The predicted octanol–water partition coefficient (Wildman–Crippen LogP) is 4.93. The van der Waals surface area contributed by atoms with E-state index in [-0.39, 0.29) is 12.5 Å². The number of hydrogen-bond acceptors (Lipinski definition) is 4. The number of anilines is 1. The van der Waals surface area contributed by atoms with Gasteiger partial charge in [-0.15, -0.1) is 11.3 Å². The minimum Gasteiger partial charge on any atom is -0.484 e. The first-order valence-electron chi connectivity index (χ1n) is 9.16. The van der Waals surface area contributed by atoms with Crippen LogP contribution in [0.15, 0.2) is 41.8 Å². The molecule has 1 aromatic heterocycles. The van der Waals surface area contributed by atoms with Crippen molar-refractivity contribution in [3.63, 3.8) is 0 Å². The number of rotatable bonds is 5. The second-order valence-electron chi connectivity index (χ2n) is 6.98. The summed E-state index contributed by atoms with van der Waals surface area (Å²) in [5, 5.41) is 5.39. The molecule has 0 spiro atoms. The fourth-order valence-electron chi connectivity index (χ4n) is 3.41. The van der Waals surface area contributed by atoms with Gasteiger partial charge in [0.2, 0.25) is 0 Å². The van der Waals surface area contributed by atoms with Gasteiger partial charge in [0.15, 0.2) is 11.7 Å². The van der Waals surface area contributed by atoms with E-state index in [1.165, 1.54) is 40.0 Å². The van der Waals surface area contributed by atoms with Gasteiger partial charge in [-0.3, -0.25) is 10.1 Å². The number of ether oxygens (including phenoxy) is 1. The fraction of sp³-hybridized carbons (Fsp3) is 0.273. The van der Waals surface area contributed by atoms with Crippen LogP contribution in [0.5, 0.6) is 5.75 Å². The van der Waals surface area contributed by atoms with Gasteiger partial charge in [-0.2, -0.15) is 0 Å². The second-order valence-corrected chi connectivity index (χ2v) is 7.84. The van der Waals surface area contributed by atoms with E-state index in [9.17, 15) is 4.79 Å². The van der Waals surface area contributed by atoms with Gasteiger partial charge in [0.25, 0.3) is 5.91 Å². The number of nitrogens with zero attached hydrogens (tertiary/aromatic N) is 1. The first-order chi connectivity index (χ1) is 13.1. The Labute approximate surface area is 163 Å². The highest BCUT2D eigenvalue weighted by Crippen LogP contribution is 2.28. The third-order valence-electron chi connectivity index (χ3n) is 4.86. The number of nitrogens with one attached hydrogen (secondary N) is 1. The molecule has 0 atom stereocenters. The van der Waals surface area contributed by atoms with E-state index < -0.39 is 0 Å². The summed E-state index contributed by atoms with van der Waals surface area (Å²) in [5.41, 5.74) is 7.08. The Bertz CT molecular complexity index is 994. The maximum absolute atomic E-state index is 12.2. The number of aromatic nitrogens is 1. The number of hydrogen-bond donors (Lipinski definition) is 1.